The molecule has 2 N–H and O–H groups in total. The molecule has 4 heterocycles. The van der Waals surface area contributed by atoms with E-state index in [0.717, 1.165) is 39.2 Å². The lowest BCUT2D eigenvalue weighted by Gasteiger charge is -2.22. The predicted octanol–water partition coefficient (Wildman–Crippen LogP) is 3.72. The van der Waals surface area contributed by atoms with E-state index in [4.69, 9.17) is 24.6 Å². The van der Waals surface area contributed by atoms with Crippen LogP contribution in [0.5, 0.6) is 0 Å². The van der Waals surface area contributed by atoms with Crippen molar-refractivity contribution in [3.8, 4) is 0 Å². The van der Waals surface area contributed by atoms with E-state index >= 15 is 0 Å². The molecule has 1 saturated heterocycles. The molecule has 1 fully saturated rings. The first-order chi connectivity index (χ1) is 17.9. The summed E-state index contributed by atoms with van der Waals surface area (Å²) in [5.74, 6) is 1.16. The number of carbonyl (C=O) groups excluding carboxylic acids is 1. The van der Waals surface area contributed by atoms with Crippen molar-refractivity contribution in [1.29, 1.82) is 0 Å². The molecule has 37 heavy (non-hydrogen) atoms. The Kier molecular flexibility index (Phi) is 8.54. The number of hydroxylamine groups is 1. The van der Waals surface area contributed by atoms with Crippen LogP contribution in [0.1, 0.15) is 52.4 Å². The Bertz CT molecular complexity index is 1330. The maximum Gasteiger partial charge on any atom is 0.277 e. The fraction of sp³-hybridized carbons (Fsp3) is 0.360. The minimum atomic E-state index is -0.659. The molecule has 0 bridgehead atoms. The van der Waals surface area contributed by atoms with E-state index in [0.29, 0.717) is 43.3 Å². The monoisotopic (exact) mass is 523 g/mol. The zero-order valence-corrected chi connectivity index (χ0v) is 21.8. The van der Waals surface area contributed by atoms with Gasteiger partial charge in [0.2, 0.25) is 11.8 Å². The molecule has 0 radical (unpaired) electrons. The van der Waals surface area contributed by atoms with E-state index in [1.807, 2.05) is 24.9 Å². The van der Waals surface area contributed by atoms with Crippen molar-refractivity contribution in [2.24, 2.45) is 4.99 Å². The first-order valence-electron chi connectivity index (χ1n) is 11.7. The second-order valence-electron chi connectivity index (χ2n) is 8.53. The maximum absolute atomic E-state index is 11.5. The van der Waals surface area contributed by atoms with E-state index in [1.54, 1.807) is 30.0 Å². The van der Waals surface area contributed by atoms with E-state index < -0.39 is 5.91 Å². The van der Waals surface area contributed by atoms with Gasteiger partial charge in [-0.15, -0.1) is 11.3 Å². The molecule has 0 atom stereocenters. The third-order valence-electron chi connectivity index (χ3n) is 5.99. The first-order valence-corrected chi connectivity index (χ1v) is 12.5. The smallest absolute Gasteiger partial charge is 0.277 e. The molecule has 4 rings (SSSR count). The summed E-state index contributed by atoms with van der Waals surface area (Å²) in [5, 5.41) is 8.78. The number of fused-ring (bicyclic) bond motifs is 1. The Morgan fingerprint density at radius 1 is 1.32 bits per heavy atom. The lowest BCUT2D eigenvalue weighted by Crippen LogP contribution is -2.21. The normalized spacial score (nSPS) is 15.0. The fourth-order valence-corrected chi connectivity index (χ4v) is 5.18. The average molecular weight is 524 g/mol. The third-order valence-corrected chi connectivity index (χ3v) is 7.12. The summed E-state index contributed by atoms with van der Waals surface area (Å²) in [7, 11) is 3.42. The van der Waals surface area contributed by atoms with E-state index in [9.17, 15) is 4.79 Å². The van der Waals surface area contributed by atoms with Gasteiger partial charge in [0.05, 0.1) is 35.1 Å². The van der Waals surface area contributed by atoms with Crippen molar-refractivity contribution in [2.45, 2.75) is 32.2 Å². The van der Waals surface area contributed by atoms with E-state index in [2.05, 4.69) is 27.7 Å². The van der Waals surface area contributed by atoms with Crippen LogP contribution in [-0.2, 0) is 16.0 Å². The molecule has 0 spiro atoms. The van der Waals surface area contributed by atoms with Gasteiger partial charge in [0.15, 0.2) is 5.82 Å². The van der Waals surface area contributed by atoms with Crippen LogP contribution in [0.25, 0.3) is 15.8 Å². The van der Waals surface area contributed by atoms with Crippen molar-refractivity contribution in [2.75, 3.05) is 32.3 Å². The number of methoxy groups -OCH3 is 1. The fourth-order valence-electron chi connectivity index (χ4n) is 3.96. The Hall–Kier alpha value is -3.74. The number of anilines is 1. The van der Waals surface area contributed by atoms with Crippen molar-refractivity contribution in [1.82, 2.24) is 25.4 Å². The number of aromatic nitrogens is 4. The SMILES string of the molecule is C=N/C(=C\C=C(/C)c1nc(C2CCOCC2)c2sc(CN(C)c3ncc(C(=O)NO)cn3)cc2n1)OC. The number of amides is 1. The van der Waals surface area contributed by atoms with Crippen molar-refractivity contribution in [3.63, 3.8) is 0 Å². The van der Waals surface area contributed by atoms with Crippen LogP contribution in [0, 0.1) is 0 Å². The molecule has 3 aromatic rings. The number of aliphatic imine (C=N–C) groups is 1. The van der Waals surface area contributed by atoms with Gasteiger partial charge >= 0.3 is 0 Å². The van der Waals surface area contributed by atoms with Crippen molar-refractivity contribution >= 4 is 45.7 Å². The predicted molar refractivity (Wildman–Crippen MR) is 142 cm³/mol. The second kappa shape index (κ2) is 12.0. The van der Waals surface area contributed by atoms with Crippen LogP contribution < -0.4 is 10.4 Å². The molecule has 11 nitrogen and oxygen atoms in total. The highest BCUT2D eigenvalue weighted by molar-refractivity contribution is 7.19. The molecule has 1 aliphatic heterocycles. The zero-order chi connectivity index (χ0) is 26.4. The maximum atomic E-state index is 11.5. The van der Waals surface area contributed by atoms with Crippen LogP contribution >= 0.6 is 11.3 Å². The summed E-state index contributed by atoms with van der Waals surface area (Å²) in [4.78, 5) is 36.7. The van der Waals surface area contributed by atoms with Crippen molar-refractivity contribution < 1.29 is 19.5 Å². The second-order valence-corrected chi connectivity index (χ2v) is 9.67. The van der Waals surface area contributed by atoms with Crippen LogP contribution in [0.15, 0.2) is 41.5 Å². The molecule has 194 valence electrons. The Morgan fingerprint density at radius 3 is 2.70 bits per heavy atom. The zero-order valence-electron chi connectivity index (χ0n) is 21.0. The summed E-state index contributed by atoms with van der Waals surface area (Å²) >= 11 is 1.66. The third kappa shape index (κ3) is 6.16. The molecular weight excluding hydrogens is 494 g/mol. The Labute approximate surface area is 218 Å². The van der Waals surface area contributed by atoms with Crippen LogP contribution in [0.4, 0.5) is 5.95 Å². The number of nitrogens with one attached hydrogen (secondary N) is 1. The van der Waals surface area contributed by atoms with E-state index in [-0.39, 0.29) is 5.56 Å². The summed E-state index contributed by atoms with van der Waals surface area (Å²) in [6.45, 7) is 7.45. The quantitative estimate of drug-likeness (QED) is 0.141. The molecule has 0 aliphatic carbocycles. The molecule has 1 amide bonds. The van der Waals surface area contributed by atoms with Gasteiger partial charge in [-0.3, -0.25) is 10.0 Å². The van der Waals surface area contributed by atoms with Gasteiger partial charge in [-0.25, -0.2) is 30.4 Å². The molecule has 0 unspecified atom stereocenters. The topological polar surface area (TPSA) is 135 Å². The lowest BCUT2D eigenvalue weighted by atomic mass is 9.96. The van der Waals surface area contributed by atoms with Crippen LogP contribution in [-0.4, -0.2) is 65.1 Å². The number of carbonyl (C=O) groups is 1. The molecule has 3 aromatic heterocycles. The molecular formula is C25H29N7O4S. The first kappa shape index (κ1) is 26.3. The highest BCUT2D eigenvalue weighted by Gasteiger charge is 2.23. The highest BCUT2D eigenvalue weighted by Crippen LogP contribution is 2.36. The minimum Gasteiger partial charge on any atom is -0.481 e. The Balaban J connectivity index is 1.66. The number of hydrogen-bond acceptors (Lipinski definition) is 11. The number of allylic oxidation sites excluding steroid dienone is 3. The minimum absolute atomic E-state index is 0.171. The largest absolute Gasteiger partial charge is 0.481 e. The molecule has 12 heteroatoms. The summed E-state index contributed by atoms with van der Waals surface area (Å²) < 4.78 is 11.8. The van der Waals surface area contributed by atoms with Crippen molar-refractivity contribution in [3.05, 3.63) is 58.5 Å². The number of rotatable bonds is 9. The lowest BCUT2D eigenvalue weighted by molar-refractivity contribution is 0.0705. The average Bonchev–Trinajstić information content (AvgIpc) is 3.35. The number of hydrogen-bond donors (Lipinski definition) is 2. The number of thiophene rings is 1. The van der Waals surface area contributed by atoms with Gasteiger partial charge in [-0.2, -0.15) is 0 Å². The van der Waals surface area contributed by atoms with Gasteiger partial charge in [0.1, 0.15) is 0 Å². The van der Waals surface area contributed by atoms with Gasteiger partial charge in [0.25, 0.3) is 5.91 Å². The van der Waals surface area contributed by atoms with Gasteiger partial charge in [0, 0.05) is 49.5 Å². The van der Waals surface area contributed by atoms with E-state index in [1.165, 1.54) is 12.4 Å². The Morgan fingerprint density at radius 2 is 2.05 bits per heavy atom. The highest BCUT2D eigenvalue weighted by atomic mass is 32.1. The number of nitrogens with zero attached hydrogens (tertiary/aromatic N) is 6. The summed E-state index contributed by atoms with van der Waals surface area (Å²) in [6.07, 6.45) is 8.19. The summed E-state index contributed by atoms with van der Waals surface area (Å²) in [5.41, 5.74) is 4.57. The standard InChI is InChI=1S/C25H29N7O4S/c1-15(5-6-20(26-2)35-4)23-29-19-11-18(37-22(19)21(30-23)16-7-9-36-10-8-16)14-32(3)25-27-12-17(13-28-25)24(33)31-34/h5-6,11-13,16,34H,2,7-10,14H2,1,3-4H3,(H,31,33)/b15-5+,20-6+. The van der Waals surface area contributed by atoms with Crippen LogP contribution in [0.3, 0.4) is 0 Å². The number of ether oxygens (including phenoxy) is 2. The molecule has 1 aliphatic rings. The molecule has 0 saturated carbocycles. The van der Waals surface area contributed by atoms with Gasteiger partial charge < -0.3 is 14.4 Å². The molecule has 0 aromatic carbocycles. The van der Waals surface area contributed by atoms with Gasteiger partial charge in [-0.05, 0) is 38.1 Å². The van der Waals surface area contributed by atoms with Gasteiger partial charge in [-0.1, -0.05) is 6.08 Å². The van der Waals surface area contributed by atoms with Crippen LogP contribution in [0.2, 0.25) is 0 Å². The summed E-state index contributed by atoms with van der Waals surface area (Å²) in [6, 6.07) is 2.08.